The largest absolute Gasteiger partial charge is 0.353 e. The Kier molecular flexibility index (Phi) is 6.17. The number of hydrogen-bond acceptors (Lipinski definition) is 5. The van der Waals surface area contributed by atoms with E-state index in [1.807, 2.05) is 0 Å². The highest BCUT2D eigenvalue weighted by Gasteiger charge is 2.19. The fourth-order valence-corrected chi connectivity index (χ4v) is 2.68. The van der Waals surface area contributed by atoms with E-state index in [-0.39, 0.29) is 5.91 Å². The molecule has 0 spiro atoms. The van der Waals surface area contributed by atoms with Gasteiger partial charge in [-0.3, -0.25) is 4.79 Å². The number of amides is 1. The highest BCUT2D eigenvalue weighted by molar-refractivity contribution is 5.76. The molecule has 0 atom stereocenters. The first-order chi connectivity index (χ1) is 10.2. The first kappa shape index (κ1) is 15.9. The minimum absolute atomic E-state index is 0.115. The molecule has 0 aliphatic heterocycles. The van der Waals surface area contributed by atoms with Gasteiger partial charge in [-0.2, -0.15) is 4.98 Å². The summed E-state index contributed by atoms with van der Waals surface area (Å²) >= 11 is 0. The molecule has 3 N–H and O–H groups in total. The highest BCUT2D eigenvalue weighted by atomic mass is 16.5. The van der Waals surface area contributed by atoms with Crippen LogP contribution in [-0.2, 0) is 17.6 Å². The Balaban J connectivity index is 1.62. The highest BCUT2D eigenvalue weighted by Crippen LogP contribution is 2.17. The molecule has 1 aliphatic carbocycles. The number of nitrogens with zero attached hydrogens (tertiary/aromatic N) is 2. The molecule has 1 aromatic rings. The quantitative estimate of drug-likeness (QED) is 0.798. The zero-order valence-corrected chi connectivity index (χ0v) is 12.8. The zero-order valence-electron chi connectivity index (χ0n) is 12.8. The van der Waals surface area contributed by atoms with Crippen molar-refractivity contribution in [1.82, 2.24) is 15.5 Å². The van der Waals surface area contributed by atoms with Crippen molar-refractivity contribution in [2.75, 3.05) is 0 Å². The number of aryl methyl sites for hydroxylation is 2. The second kappa shape index (κ2) is 8.12. The fraction of sp³-hybridized carbons (Fsp3) is 0.800. The number of aromatic nitrogens is 2. The number of nitrogens with two attached hydrogens (primary N) is 1. The minimum Gasteiger partial charge on any atom is -0.353 e. The van der Waals surface area contributed by atoms with Crippen molar-refractivity contribution in [3.05, 3.63) is 11.7 Å². The average molecular weight is 294 g/mol. The summed E-state index contributed by atoms with van der Waals surface area (Å²) in [6, 6.07) is 0.616. The third kappa shape index (κ3) is 5.46. The monoisotopic (exact) mass is 294 g/mol. The van der Waals surface area contributed by atoms with Gasteiger partial charge in [0.2, 0.25) is 11.8 Å². The van der Waals surface area contributed by atoms with Crippen LogP contribution < -0.4 is 11.1 Å². The molecule has 1 fully saturated rings. The van der Waals surface area contributed by atoms with Gasteiger partial charge in [0.15, 0.2) is 5.82 Å². The van der Waals surface area contributed by atoms with Crippen molar-refractivity contribution < 1.29 is 9.32 Å². The maximum absolute atomic E-state index is 11.9. The summed E-state index contributed by atoms with van der Waals surface area (Å²) in [4.78, 5) is 16.2. The summed E-state index contributed by atoms with van der Waals surface area (Å²) in [5.74, 6) is 1.51. The van der Waals surface area contributed by atoms with E-state index in [1.54, 1.807) is 0 Å². The molecule has 0 unspecified atom stereocenters. The fourth-order valence-electron chi connectivity index (χ4n) is 2.68. The summed E-state index contributed by atoms with van der Waals surface area (Å²) in [7, 11) is 0. The van der Waals surface area contributed by atoms with Crippen LogP contribution in [0.2, 0.25) is 0 Å². The van der Waals surface area contributed by atoms with E-state index in [2.05, 4.69) is 22.4 Å². The van der Waals surface area contributed by atoms with Gasteiger partial charge in [-0.25, -0.2) is 0 Å². The maximum atomic E-state index is 11.9. The third-order valence-corrected chi connectivity index (χ3v) is 3.92. The Morgan fingerprint density at radius 2 is 2.10 bits per heavy atom. The molecule has 6 heteroatoms. The first-order valence-electron chi connectivity index (χ1n) is 8.03. The van der Waals surface area contributed by atoms with Crippen LogP contribution in [0, 0.1) is 0 Å². The lowest BCUT2D eigenvalue weighted by molar-refractivity contribution is -0.122. The van der Waals surface area contributed by atoms with Crippen LogP contribution in [-0.4, -0.2) is 28.1 Å². The van der Waals surface area contributed by atoms with Crippen LogP contribution in [0.5, 0.6) is 0 Å². The molecular weight excluding hydrogens is 268 g/mol. The van der Waals surface area contributed by atoms with Crippen LogP contribution in [0.4, 0.5) is 0 Å². The number of rotatable bonds is 7. The summed E-state index contributed by atoms with van der Waals surface area (Å²) < 4.78 is 5.15. The van der Waals surface area contributed by atoms with Gasteiger partial charge in [-0.05, 0) is 38.5 Å². The molecule has 1 amide bonds. The van der Waals surface area contributed by atoms with E-state index in [4.69, 9.17) is 10.3 Å². The van der Waals surface area contributed by atoms with Crippen molar-refractivity contribution in [3.63, 3.8) is 0 Å². The SMILES string of the molecule is CCCc1noc(CCCC(=O)NC2CCC(N)CC2)n1. The van der Waals surface area contributed by atoms with Gasteiger partial charge in [0.1, 0.15) is 0 Å². The van der Waals surface area contributed by atoms with Crippen molar-refractivity contribution >= 4 is 5.91 Å². The number of hydrogen-bond donors (Lipinski definition) is 2. The van der Waals surface area contributed by atoms with Gasteiger partial charge < -0.3 is 15.6 Å². The standard InChI is InChI=1S/C15H26N4O2/c1-2-4-13-18-15(21-19-13)6-3-5-14(20)17-12-9-7-11(16)8-10-12/h11-12H,2-10,16H2,1H3,(H,17,20). The summed E-state index contributed by atoms with van der Waals surface area (Å²) in [6.07, 6.45) is 7.77. The molecule has 1 aliphatic rings. The first-order valence-corrected chi connectivity index (χ1v) is 8.03. The second-order valence-corrected chi connectivity index (χ2v) is 5.89. The summed E-state index contributed by atoms with van der Waals surface area (Å²) in [5.41, 5.74) is 5.86. The average Bonchev–Trinajstić information content (AvgIpc) is 2.89. The molecular formula is C15H26N4O2. The Morgan fingerprint density at radius 3 is 2.81 bits per heavy atom. The van der Waals surface area contributed by atoms with Crippen LogP contribution in [0.15, 0.2) is 4.52 Å². The number of nitrogens with one attached hydrogen (secondary N) is 1. The van der Waals surface area contributed by atoms with Gasteiger partial charge in [-0.1, -0.05) is 12.1 Å². The van der Waals surface area contributed by atoms with Gasteiger partial charge in [0, 0.05) is 31.3 Å². The summed E-state index contributed by atoms with van der Waals surface area (Å²) in [6.45, 7) is 2.08. The lowest BCUT2D eigenvalue weighted by Crippen LogP contribution is -2.40. The molecule has 2 rings (SSSR count). The Hall–Kier alpha value is -1.43. The zero-order chi connectivity index (χ0) is 15.1. The second-order valence-electron chi connectivity index (χ2n) is 5.89. The molecule has 0 aromatic carbocycles. The van der Waals surface area contributed by atoms with Crippen molar-refractivity contribution in [2.24, 2.45) is 5.73 Å². The number of carbonyl (C=O) groups excluding carboxylic acids is 1. The Bertz CT molecular complexity index is 439. The van der Waals surface area contributed by atoms with E-state index in [1.165, 1.54) is 0 Å². The molecule has 118 valence electrons. The smallest absolute Gasteiger partial charge is 0.226 e. The van der Waals surface area contributed by atoms with Crippen LogP contribution in [0.3, 0.4) is 0 Å². The molecule has 1 heterocycles. The van der Waals surface area contributed by atoms with Crippen molar-refractivity contribution in [1.29, 1.82) is 0 Å². The molecule has 0 saturated heterocycles. The van der Waals surface area contributed by atoms with Gasteiger partial charge in [0.05, 0.1) is 0 Å². The molecule has 0 bridgehead atoms. The third-order valence-electron chi connectivity index (χ3n) is 3.92. The van der Waals surface area contributed by atoms with Crippen LogP contribution in [0.25, 0.3) is 0 Å². The van der Waals surface area contributed by atoms with E-state index in [0.717, 1.165) is 50.8 Å². The van der Waals surface area contributed by atoms with Crippen LogP contribution in [0.1, 0.15) is 63.6 Å². The van der Waals surface area contributed by atoms with Crippen molar-refractivity contribution in [3.8, 4) is 0 Å². The lowest BCUT2D eigenvalue weighted by Gasteiger charge is -2.26. The van der Waals surface area contributed by atoms with Gasteiger partial charge in [-0.15, -0.1) is 0 Å². The Labute approximate surface area is 125 Å². The molecule has 1 aromatic heterocycles. The molecule has 0 radical (unpaired) electrons. The van der Waals surface area contributed by atoms with E-state index < -0.39 is 0 Å². The Morgan fingerprint density at radius 1 is 1.33 bits per heavy atom. The topological polar surface area (TPSA) is 94.0 Å². The minimum atomic E-state index is 0.115. The molecule has 21 heavy (non-hydrogen) atoms. The predicted molar refractivity (Wildman–Crippen MR) is 79.6 cm³/mol. The van der Waals surface area contributed by atoms with E-state index in [0.29, 0.717) is 30.8 Å². The number of carbonyl (C=O) groups is 1. The van der Waals surface area contributed by atoms with Gasteiger partial charge >= 0.3 is 0 Å². The lowest BCUT2D eigenvalue weighted by atomic mass is 9.92. The van der Waals surface area contributed by atoms with Gasteiger partial charge in [0.25, 0.3) is 0 Å². The molecule has 1 saturated carbocycles. The predicted octanol–water partition coefficient (Wildman–Crippen LogP) is 1.73. The van der Waals surface area contributed by atoms with Crippen molar-refractivity contribution in [2.45, 2.75) is 76.8 Å². The molecule has 6 nitrogen and oxygen atoms in total. The van der Waals surface area contributed by atoms with E-state index >= 15 is 0 Å². The van der Waals surface area contributed by atoms with Crippen LogP contribution >= 0.6 is 0 Å². The maximum Gasteiger partial charge on any atom is 0.226 e. The summed E-state index contributed by atoms with van der Waals surface area (Å²) in [5, 5.41) is 7.00. The van der Waals surface area contributed by atoms with E-state index in [9.17, 15) is 4.79 Å². The normalized spacial score (nSPS) is 22.2.